The first kappa shape index (κ1) is 19.6. The number of thiazole rings is 1. The molecule has 2 aromatic carbocycles. The Morgan fingerprint density at radius 1 is 1.25 bits per heavy atom. The molecule has 3 aromatic rings. The van der Waals surface area contributed by atoms with Crippen molar-refractivity contribution < 1.29 is 14.1 Å². The van der Waals surface area contributed by atoms with Crippen molar-refractivity contribution in [3.63, 3.8) is 0 Å². The van der Waals surface area contributed by atoms with Crippen LogP contribution in [0.2, 0.25) is 0 Å². The fourth-order valence-corrected chi connectivity index (χ4v) is 3.86. The number of benzene rings is 2. The number of aryl methyl sites for hydroxylation is 2. The molecule has 0 unspecified atom stereocenters. The van der Waals surface area contributed by atoms with Crippen LogP contribution in [0, 0.1) is 29.8 Å². The minimum absolute atomic E-state index is 0.0123. The minimum Gasteiger partial charge on any atom is -0.352 e. The summed E-state index contributed by atoms with van der Waals surface area (Å²) < 4.78 is 13.4. The molecule has 0 radical (unpaired) electrons. The average molecular weight is 399 g/mol. The molecule has 0 fully saturated rings. The fraction of sp³-hybridized carbons (Fsp3) is 0.200. The van der Waals surface area contributed by atoms with Crippen LogP contribution >= 0.6 is 11.3 Å². The van der Waals surface area contributed by atoms with E-state index in [1.54, 1.807) is 13.0 Å². The molecule has 0 atom stereocenters. The largest absolute Gasteiger partial charge is 0.352 e. The van der Waals surface area contributed by atoms with E-state index in [2.05, 4.69) is 10.3 Å². The zero-order valence-corrected chi connectivity index (χ0v) is 16.2. The standard InChI is InChI=1S/C20H18FN3O3S/c1-12-10-14(6-7-17(12)24(26)27)19(25)22-9-8-18-13(2)23-20(28-18)15-4-3-5-16(21)11-15/h3-7,10-11H,8-9H2,1-2H3,(H,22,25). The third-order valence-corrected chi connectivity index (χ3v) is 5.52. The summed E-state index contributed by atoms with van der Waals surface area (Å²) in [6, 6.07) is 10.6. The number of aromatic nitrogens is 1. The Kier molecular flexibility index (Phi) is 5.79. The topological polar surface area (TPSA) is 85.1 Å². The predicted octanol–water partition coefficient (Wildman–Crippen LogP) is 4.45. The molecule has 0 bridgehead atoms. The Labute approximate surface area is 165 Å². The van der Waals surface area contributed by atoms with Gasteiger partial charge in [0.25, 0.3) is 11.6 Å². The van der Waals surface area contributed by atoms with Gasteiger partial charge in [0, 0.05) is 40.6 Å². The van der Waals surface area contributed by atoms with E-state index in [0.29, 0.717) is 24.1 Å². The molecule has 0 aliphatic rings. The van der Waals surface area contributed by atoms with Crippen molar-refractivity contribution in [2.24, 2.45) is 0 Å². The monoisotopic (exact) mass is 399 g/mol. The molecule has 0 aliphatic heterocycles. The van der Waals surface area contributed by atoms with Crippen molar-refractivity contribution in [2.75, 3.05) is 6.54 Å². The second-order valence-corrected chi connectivity index (χ2v) is 7.39. The molecule has 28 heavy (non-hydrogen) atoms. The molecule has 3 rings (SSSR count). The number of halogens is 1. The van der Waals surface area contributed by atoms with Crippen LogP contribution in [0.3, 0.4) is 0 Å². The van der Waals surface area contributed by atoms with Crippen molar-refractivity contribution in [1.29, 1.82) is 0 Å². The molecule has 6 nitrogen and oxygen atoms in total. The normalized spacial score (nSPS) is 10.7. The van der Waals surface area contributed by atoms with Crippen LogP contribution in [0.25, 0.3) is 10.6 Å². The van der Waals surface area contributed by atoms with Gasteiger partial charge in [0.2, 0.25) is 0 Å². The van der Waals surface area contributed by atoms with Crippen molar-refractivity contribution in [1.82, 2.24) is 10.3 Å². The van der Waals surface area contributed by atoms with Crippen LogP contribution < -0.4 is 5.32 Å². The first-order valence-corrected chi connectivity index (χ1v) is 9.42. The molecule has 8 heteroatoms. The van der Waals surface area contributed by atoms with E-state index in [0.717, 1.165) is 21.1 Å². The van der Waals surface area contributed by atoms with Gasteiger partial charge in [0.05, 0.1) is 10.6 Å². The van der Waals surface area contributed by atoms with Crippen LogP contribution in [0.5, 0.6) is 0 Å². The summed E-state index contributed by atoms with van der Waals surface area (Å²) in [5, 5.41) is 14.4. The van der Waals surface area contributed by atoms with Crippen LogP contribution in [0.1, 0.15) is 26.5 Å². The maximum absolute atomic E-state index is 13.4. The lowest BCUT2D eigenvalue weighted by atomic mass is 10.1. The molecule has 0 saturated heterocycles. The molecular weight excluding hydrogens is 381 g/mol. The highest BCUT2D eigenvalue weighted by Gasteiger charge is 2.14. The van der Waals surface area contributed by atoms with Crippen molar-refractivity contribution in [2.45, 2.75) is 20.3 Å². The summed E-state index contributed by atoms with van der Waals surface area (Å²) in [7, 11) is 0. The number of hydrogen-bond acceptors (Lipinski definition) is 5. The van der Waals surface area contributed by atoms with Gasteiger partial charge in [-0.15, -0.1) is 11.3 Å². The smallest absolute Gasteiger partial charge is 0.272 e. The third kappa shape index (κ3) is 4.40. The average Bonchev–Trinajstić information content (AvgIpc) is 3.02. The molecule has 144 valence electrons. The van der Waals surface area contributed by atoms with Crippen molar-refractivity contribution in [3.8, 4) is 10.6 Å². The first-order chi connectivity index (χ1) is 13.3. The zero-order valence-electron chi connectivity index (χ0n) is 15.4. The predicted molar refractivity (Wildman–Crippen MR) is 106 cm³/mol. The van der Waals surface area contributed by atoms with Crippen LogP contribution in [0.15, 0.2) is 42.5 Å². The lowest BCUT2D eigenvalue weighted by Gasteiger charge is -2.06. The molecule has 1 heterocycles. The molecule has 0 saturated carbocycles. The second kappa shape index (κ2) is 8.26. The highest BCUT2D eigenvalue weighted by Crippen LogP contribution is 2.28. The molecule has 0 aliphatic carbocycles. The van der Waals surface area contributed by atoms with Gasteiger partial charge in [-0.2, -0.15) is 0 Å². The summed E-state index contributed by atoms with van der Waals surface area (Å²) >= 11 is 1.47. The van der Waals surface area contributed by atoms with Gasteiger partial charge in [0.1, 0.15) is 10.8 Å². The SMILES string of the molecule is Cc1cc(C(=O)NCCc2sc(-c3cccc(F)c3)nc2C)ccc1[N+](=O)[O-]. The minimum atomic E-state index is -0.472. The number of hydrogen-bond donors (Lipinski definition) is 1. The van der Waals surface area contributed by atoms with E-state index in [9.17, 15) is 19.3 Å². The van der Waals surface area contributed by atoms with Gasteiger partial charge in [0.15, 0.2) is 0 Å². The Balaban J connectivity index is 1.63. The van der Waals surface area contributed by atoms with E-state index in [4.69, 9.17) is 0 Å². The number of nitro groups is 1. The van der Waals surface area contributed by atoms with Crippen LogP contribution in [0.4, 0.5) is 10.1 Å². The molecular formula is C20H18FN3O3S. The Morgan fingerprint density at radius 2 is 2.04 bits per heavy atom. The lowest BCUT2D eigenvalue weighted by molar-refractivity contribution is -0.385. The molecule has 1 aromatic heterocycles. The van der Waals surface area contributed by atoms with Gasteiger partial charge in [-0.1, -0.05) is 12.1 Å². The summed E-state index contributed by atoms with van der Waals surface area (Å²) in [6.07, 6.45) is 0.594. The fourth-order valence-electron chi connectivity index (χ4n) is 2.80. The maximum atomic E-state index is 13.4. The zero-order chi connectivity index (χ0) is 20.3. The van der Waals surface area contributed by atoms with Gasteiger partial charge in [-0.25, -0.2) is 9.37 Å². The van der Waals surface area contributed by atoms with Gasteiger partial charge >= 0.3 is 0 Å². The number of nitrogens with zero attached hydrogens (tertiary/aromatic N) is 2. The number of amides is 1. The van der Waals surface area contributed by atoms with E-state index < -0.39 is 4.92 Å². The quantitative estimate of drug-likeness (QED) is 0.490. The van der Waals surface area contributed by atoms with Gasteiger partial charge in [-0.05, 0) is 38.1 Å². The van der Waals surface area contributed by atoms with Crippen molar-refractivity contribution >= 4 is 22.9 Å². The Morgan fingerprint density at radius 3 is 2.71 bits per heavy atom. The second-order valence-electron chi connectivity index (χ2n) is 6.30. The number of carbonyl (C=O) groups excluding carboxylic acids is 1. The van der Waals surface area contributed by atoms with Crippen LogP contribution in [-0.2, 0) is 6.42 Å². The number of nitro benzene ring substituents is 1. The van der Waals surface area contributed by atoms with E-state index >= 15 is 0 Å². The summed E-state index contributed by atoms with van der Waals surface area (Å²) in [5.74, 6) is -0.594. The van der Waals surface area contributed by atoms with E-state index in [-0.39, 0.29) is 17.4 Å². The first-order valence-electron chi connectivity index (χ1n) is 8.60. The maximum Gasteiger partial charge on any atom is 0.272 e. The van der Waals surface area contributed by atoms with Crippen molar-refractivity contribution in [3.05, 3.63) is 80.1 Å². The number of nitrogens with one attached hydrogen (secondary N) is 1. The summed E-state index contributed by atoms with van der Waals surface area (Å²) in [4.78, 5) is 28.2. The third-order valence-electron chi connectivity index (χ3n) is 4.26. The lowest BCUT2D eigenvalue weighted by Crippen LogP contribution is -2.25. The highest BCUT2D eigenvalue weighted by atomic mass is 32.1. The Hall–Kier alpha value is -3.13. The van der Waals surface area contributed by atoms with Crippen LogP contribution in [-0.4, -0.2) is 22.4 Å². The molecule has 1 N–H and O–H groups in total. The van der Waals surface area contributed by atoms with Gasteiger partial charge < -0.3 is 5.32 Å². The summed E-state index contributed by atoms with van der Waals surface area (Å²) in [6.45, 7) is 3.89. The number of carbonyl (C=O) groups is 1. The highest BCUT2D eigenvalue weighted by molar-refractivity contribution is 7.15. The molecule has 1 amide bonds. The van der Waals surface area contributed by atoms with Gasteiger partial charge in [-0.3, -0.25) is 14.9 Å². The summed E-state index contributed by atoms with van der Waals surface area (Å²) in [5.41, 5.74) is 2.39. The Bertz CT molecular complexity index is 1050. The van der Waals surface area contributed by atoms with E-state index in [1.807, 2.05) is 13.0 Å². The number of rotatable bonds is 6. The molecule has 0 spiro atoms. The van der Waals surface area contributed by atoms with E-state index in [1.165, 1.54) is 41.7 Å².